The molecule has 2 heterocycles. The van der Waals surface area contributed by atoms with Crippen LogP contribution in [0.15, 0.2) is 33.2 Å². The lowest BCUT2D eigenvalue weighted by atomic mass is 10.4. The number of carbonyl (C=O) groups is 1. The second-order valence-electron chi connectivity index (χ2n) is 4.76. The summed E-state index contributed by atoms with van der Waals surface area (Å²) in [4.78, 5) is 19.1. The molecule has 0 spiro atoms. The summed E-state index contributed by atoms with van der Waals surface area (Å²) in [5, 5.41) is 9.41. The number of guanidine groups is 1. The van der Waals surface area contributed by atoms with E-state index in [-0.39, 0.29) is 60.5 Å². The molecule has 0 bridgehead atoms. The molecule has 0 saturated heterocycles. The average molecular weight is 503 g/mol. The van der Waals surface area contributed by atoms with Gasteiger partial charge in [0.15, 0.2) is 11.7 Å². The fraction of sp³-hybridized carbons (Fsp3) is 0.357. The van der Waals surface area contributed by atoms with E-state index in [9.17, 15) is 18.0 Å². The first-order valence-corrected chi connectivity index (χ1v) is 8.01. The third-order valence-corrected chi connectivity index (χ3v) is 3.78. The number of aromatic nitrogens is 1. The minimum Gasteiger partial charge on any atom is -0.467 e. The molecule has 1 amide bonds. The Balaban J connectivity index is 0.00000338. The van der Waals surface area contributed by atoms with Crippen molar-refractivity contribution < 1.29 is 22.4 Å². The van der Waals surface area contributed by atoms with Crippen LogP contribution in [0.2, 0.25) is 0 Å². The van der Waals surface area contributed by atoms with Crippen LogP contribution in [0.5, 0.6) is 0 Å². The molecule has 0 aliphatic carbocycles. The summed E-state index contributed by atoms with van der Waals surface area (Å²) in [6.45, 7) is 0.277. The molecule has 12 heteroatoms. The van der Waals surface area contributed by atoms with Gasteiger partial charge in [-0.1, -0.05) is 0 Å². The van der Waals surface area contributed by atoms with Gasteiger partial charge in [-0.05, 0) is 12.1 Å². The average Bonchev–Trinajstić information content (AvgIpc) is 3.24. The predicted octanol–water partition coefficient (Wildman–Crippen LogP) is 2.35. The van der Waals surface area contributed by atoms with E-state index in [1.165, 1.54) is 13.3 Å². The number of nitrogens with one attached hydrogen (secondary N) is 3. The van der Waals surface area contributed by atoms with Crippen LogP contribution in [0.4, 0.5) is 13.2 Å². The number of hydrogen-bond acceptors (Lipinski definition) is 5. The molecule has 0 atom stereocenters. The molecule has 0 aliphatic heterocycles. The number of halogens is 4. The number of furan rings is 1. The van der Waals surface area contributed by atoms with E-state index in [0.717, 1.165) is 16.7 Å². The van der Waals surface area contributed by atoms with Gasteiger partial charge in [-0.25, -0.2) is 4.98 Å². The van der Waals surface area contributed by atoms with E-state index in [1.807, 2.05) is 0 Å². The molecule has 0 radical (unpaired) electrons. The van der Waals surface area contributed by atoms with Gasteiger partial charge in [-0.15, -0.1) is 35.3 Å². The van der Waals surface area contributed by atoms with Gasteiger partial charge in [0.05, 0.1) is 25.9 Å². The zero-order valence-corrected chi connectivity index (χ0v) is 16.7. The van der Waals surface area contributed by atoms with Gasteiger partial charge < -0.3 is 20.4 Å². The fourth-order valence-electron chi connectivity index (χ4n) is 1.73. The normalized spacial score (nSPS) is 11.6. The number of nitrogens with zero attached hydrogens (tertiary/aromatic N) is 2. The lowest BCUT2D eigenvalue weighted by Gasteiger charge is -2.10. The minimum atomic E-state index is -4.46. The van der Waals surface area contributed by atoms with Crippen molar-refractivity contribution >= 4 is 47.2 Å². The summed E-state index contributed by atoms with van der Waals surface area (Å²) >= 11 is 0.894. The van der Waals surface area contributed by atoms with Crippen LogP contribution < -0.4 is 16.0 Å². The van der Waals surface area contributed by atoms with Crippen LogP contribution in [-0.2, 0) is 24.1 Å². The summed E-state index contributed by atoms with van der Waals surface area (Å²) in [6.07, 6.45) is -2.95. The van der Waals surface area contributed by atoms with Crippen molar-refractivity contribution in [1.82, 2.24) is 20.9 Å². The van der Waals surface area contributed by atoms with Crippen LogP contribution >= 0.6 is 35.3 Å². The minimum absolute atomic E-state index is 0. The fourth-order valence-corrected chi connectivity index (χ4v) is 2.47. The lowest BCUT2D eigenvalue weighted by Crippen LogP contribution is -2.42. The number of alkyl halides is 3. The highest BCUT2D eigenvalue weighted by molar-refractivity contribution is 14.0. The van der Waals surface area contributed by atoms with Gasteiger partial charge in [0.2, 0.25) is 5.91 Å². The Morgan fingerprint density at radius 1 is 1.31 bits per heavy atom. The van der Waals surface area contributed by atoms with E-state index in [4.69, 9.17) is 4.42 Å². The smallest absolute Gasteiger partial charge is 0.434 e. The van der Waals surface area contributed by atoms with Crippen LogP contribution in [0.3, 0.4) is 0 Å². The predicted molar refractivity (Wildman–Crippen MR) is 101 cm³/mol. The molecule has 0 aromatic carbocycles. The highest BCUT2D eigenvalue weighted by Crippen LogP contribution is 2.29. The molecular formula is C14H17F3IN5O2S. The Morgan fingerprint density at radius 3 is 2.65 bits per heavy atom. The zero-order valence-electron chi connectivity index (χ0n) is 13.6. The van der Waals surface area contributed by atoms with Crippen molar-refractivity contribution in [3.05, 3.63) is 40.2 Å². The Morgan fingerprint density at radius 2 is 2.08 bits per heavy atom. The Labute approximate surface area is 168 Å². The Kier molecular flexibility index (Phi) is 8.84. The number of hydrogen-bond donors (Lipinski definition) is 3. The van der Waals surface area contributed by atoms with Gasteiger partial charge in [-0.3, -0.25) is 9.79 Å². The third-order valence-electron chi connectivity index (χ3n) is 2.93. The summed E-state index contributed by atoms with van der Waals surface area (Å²) in [5.74, 6) is 0.616. The molecule has 26 heavy (non-hydrogen) atoms. The van der Waals surface area contributed by atoms with E-state index in [0.29, 0.717) is 5.76 Å². The molecule has 7 nitrogen and oxygen atoms in total. The van der Waals surface area contributed by atoms with Gasteiger partial charge in [0.1, 0.15) is 10.8 Å². The Hall–Kier alpha value is -1.83. The molecule has 3 N–H and O–H groups in total. The maximum atomic E-state index is 12.5. The van der Waals surface area contributed by atoms with Crippen LogP contribution in [0.1, 0.15) is 16.5 Å². The SMILES string of the molecule is CN=C(NCC(=O)NCc1ccco1)NCc1nc(C(F)(F)F)cs1.I. The van der Waals surface area contributed by atoms with Crippen LogP contribution in [0.25, 0.3) is 0 Å². The number of aliphatic imine (C=N–C) groups is 1. The van der Waals surface area contributed by atoms with Gasteiger partial charge in [-0.2, -0.15) is 13.2 Å². The Bertz CT molecular complexity index is 718. The van der Waals surface area contributed by atoms with E-state index >= 15 is 0 Å². The number of rotatable bonds is 6. The third kappa shape index (κ3) is 7.19. The first-order valence-electron chi connectivity index (χ1n) is 7.13. The molecule has 0 fully saturated rings. The number of thiazole rings is 1. The molecule has 0 aliphatic rings. The van der Waals surface area contributed by atoms with Crippen molar-refractivity contribution in [2.75, 3.05) is 13.6 Å². The number of carbonyl (C=O) groups excluding carboxylic acids is 1. The largest absolute Gasteiger partial charge is 0.467 e. The second kappa shape index (κ2) is 10.4. The van der Waals surface area contributed by atoms with Crippen molar-refractivity contribution in [2.45, 2.75) is 19.3 Å². The lowest BCUT2D eigenvalue weighted by molar-refractivity contribution is -0.140. The van der Waals surface area contributed by atoms with Crippen LogP contribution in [0, 0.1) is 0 Å². The monoisotopic (exact) mass is 503 g/mol. The summed E-state index contributed by atoms with van der Waals surface area (Å²) in [5.41, 5.74) is -0.922. The molecule has 2 aromatic heterocycles. The van der Waals surface area contributed by atoms with E-state index in [2.05, 4.69) is 25.9 Å². The van der Waals surface area contributed by atoms with Crippen molar-refractivity contribution in [3.8, 4) is 0 Å². The first kappa shape index (κ1) is 22.2. The summed E-state index contributed by atoms with van der Waals surface area (Å²) < 4.78 is 42.5. The standard InChI is InChI=1S/C14H16F3N5O2S.HI/c1-18-13(20-6-11(23)19-5-9-3-2-4-24-9)21-7-12-22-10(8-25-12)14(15,16)17;/h2-4,8H,5-7H2,1H3,(H,19,23)(H2,18,20,21);1H. The molecular weight excluding hydrogens is 486 g/mol. The maximum absolute atomic E-state index is 12.5. The number of amides is 1. The van der Waals surface area contributed by atoms with Crippen molar-refractivity contribution in [3.63, 3.8) is 0 Å². The topological polar surface area (TPSA) is 91.5 Å². The zero-order chi connectivity index (χ0) is 18.3. The molecule has 2 rings (SSSR count). The summed E-state index contributed by atoms with van der Waals surface area (Å²) in [6, 6.07) is 3.45. The molecule has 0 unspecified atom stereocenters. The van der Waals surface area contributed by atoms with Gasteiger partial charge in [0, 0.05) is 12.4 Å². The van der Waals surface area contributed by atoms with Crippen molar-refractivity contribution in [2.24, 2.45) is 4.99 Å². The van der Waals surface area contributed by atoms with Gasteiger partial charge >= 0.3 is 6.18 Å². The molecule has 2 aromatic rings. The quantitative estimate of drug-likeness (QED) is 0.320. The van der Waals surface area contributed by atoms with E-state index in [1.54, 1.807) is 12.1 Å². The highest BCUT2D eigenvalue weighted by atomic mass is 127. The van der Waals surface area contributed by atoms with Crippen LogP contribution in [-0.4, -0.2) is 30.4 Å². The molecule has 144 valence electrons. The summed E-state index contributed by atoms with van der Waals surface area (Å²) in [7, 11) is 1.49. The first-order chi connectivity index (χ1) is 11.9. The highest BCUT2D eigenvalue weighted by Gasteiger charge is 2.33. The van der Waals surface area contributed by atoms with Crippen molar-refractivity contribution in [1.29, 1.82) is 0 Å². The van der Waals surface area contributed by atoms with E-state index < -0.39 is 11.9 Å². The maximum Gasteiger partial charge on any atom is 0.434 e. The van der Waals surface area contributed by atoms with Gasteiger partial charge in [0.25, 0.3) is 0 Å². The molecule has 0 saturated carbocycles. The second-order valence-corrected chi connectivity index (χ2v) is 5.70.